The first kappa shape index (κ1) is 23.8. The molecule has 8 heteroatoms. The fourth-order valence-electron chi connectivity index (χ4n) is 3.84. The highest BCUT2D eigenvalue weighted by Crippen LogP contribution is 2.43. The van der Waals surface area contributed by atoms with E-state index < -0.39 is 23.5 Å². The maximum Gasteiger partial charge on any atom is 0.300 e. The number of Topliss-reactive ketones (excluding diaryl/α,β-unsaturated/α-hetero) is 1. The number of ether oxygens (including phenoxy) is 1. The fourth-order valence-corrected chi connectivity index (χ4v) is 4.15. The molecule has 0 radical (unpaired) electrons. The summed E-state index contributed by atoms with van der Waals surface area (Å²) >= 11 is 12.3. The quantitative estimate of drug-likeness (QED) is 0.245. The Bertz CT molecular complexity index is 1300. The first-order chi connectivity index (χ1) is 16.2. The minimum Gasteiger partial charge on any atom is -0.507 e. The first-order valence-corrected chi connectivity index (χ1v) is 11.2. The van der Waals surface area contributed by atoms with Crippen LogP contribution in [0.2, 0.25) is 10.0 Å². The van der Waals surface area contributed by atoms with Gasteiger partial charge < -0.3 is 9.84 Å². The maximum absolute atomic E-state index is 14.0. The number of nitrogens with zero attached hydrogens (tertiary/aromatic N) is 1. The molecule has 4 rings (SSSR count). The smallest absolute Gasteiger partial charge is 0.300 e. The summed E-state index contributed by atoms with van der Waals surface area (Å²) in [5, 5.41) is 11.7. The largest absolute Gasteiger partial charge is 0.507 e. The molecule has 1 saturated heterocycles. The average Bonchev–Trinajstić information content (AvgIpc) is 3.06. The van der Waals surface area contributed by atoms with E-state index >= 15 is 0 Å². The molecule has 1 aliphatic heterocycles. The van der Waals surface area contributed by atoms with Gasteiger partial charge in [0.25, 0.3) is 11.7 Å². The highest BCUT2D eigenvalue weighted by atomic mass is 35.5. The molecule has 3 aromatic rings. The molecule has 34 heavy (non-hydrogen) atoms. The van der Waals surface area contributed by atoms with Crippen LogP contribution in [0.25, 0.3) is 5.76 Å². The van der Waals surface area contributed by atoms with Crippen LogP contribution < -0.4 is 9.64 Å². The maximum atomic E-state index is 14.0. The SMILES string of the molecule is CC(C)Oc1ccc(/C(O)=C2/C(=O)C(=O)N(c3cccc(F)c3)C2c2ccc(Cl)c(Cl)c2)cc1. The number of hydrogen-bond donors (Lipinski definition) is 1. The number of carbonyl (C=O) groups excluding carboxylic acids is 2. The summed E-state index contributed by atoms with van der Waals surface area (Å²) in [6, 6.07) is 15.4. The molecular weight excluding hydrogens is 480 g/mol. The van der Waals surface area contributed by atoms with Crippen molar-refractivity contribution >= 4 is 46.3 Å². The predicted octanol–water partition coefficient (Wildman–Crippen LogP) is 6.55. The van der Waals surface area contributed by atoms with Crippen LogP contribution in [0.5, 0.6) is 5.75 Å². The highest BCUT2D eigenvalue weighted by Gasteiger charge is 2.47. The van der Waals surface area contributed by atoms with Crippen LogP contribution in [0, 0.1) is 5.82 Å². The molecule has 1 unspecified atom stereocenters. The van der Waals surface area contributed by atoms with E-state index in [0.717, 1.165) is 11.0 Å². The van der Waals surface area contributed by atoms with Gasteiger partial charge in [0, 0.05) is 11.3 Å². The number of aliphatic hydroxyl groups excluding tert-OH is 1. The molecule has 5 nitrogen and oxygen atoms in total. The number of rotatable bonds is 5. The molecule has 0 spiro atoms. The molecule has 3 aromatic carbocycles. The Balaban J connectivity index is 1.89. The zero-order chi connectivity index (χ0) is 24.6. The third kappa shape index (κ3) is 4.52. The van der Waals surface area contributed by atoms with Crippen LogP contribution >= 0.6 is 23.2 Å². The topological polar surface area (TPSA) is 66.8 Å². The van der Waals surface area contributed by atoms with Gasteiger partial charge in [0.1, 0.15) is 17.3 Å². The van der Waals surface area contributed by atoms with E-state index in [-0.39, 0.29) is 33.2 Å². The van der Waals surface area contributed by atoms with Gasteiger partial charge >= 0.3 is 0 Å². The predicted molar refractivity (Wildman–Crippen MR) is 130 cm³/mol. The van der Waals surface area contributed by atoms with Crippen LogP contribution in [-0.2, 0) is 9.59 Å². The van der Waals surface area contributed by atoms with Crippen molar-refractivity contribution in [2.24, 2.45) is 0 Å². The van der Waals surface area contributed by atoms with Crippen molar-refractivity contribution in [3.05, 3.63) is 99.3 Å². The second kappa shape index (κ2) is 9.49. The lowest BCUT2D eigenvalue weighted by molar-refractivity contribution is -0.132. The Morgan fingerprint density at radius 3 is 2.32 bits per heavy atom. The Labute approximate surface area is 206 Å². The van der Waals surface area contributed by atoms with Gasteiger partial charge in [-0.1, -0.05) is 35.3 Å². The van der Waals surface area contributed by atoms with E-state index in [4.69, 9.17) is 27.9 Å². The average molecular weight is 500 g/mol. The molecular formula is C26H20Cl2FNO4. The number of aliphatic hydroxyl groups is 1. The number of anilines is 1. The number of hydrogen-bond acceptors (Lipinski definition) is 4. The molecule has 0 aromatic heterocycles. The molecule has 1 fully saturated rings. The Kier molecular flexibility index (Phi) is 6.64. The summed E-state index contributed by atoms with van der Waals surface area (Å²) in [5.41, 5.74) is 0.765. The van der Waals surface area contributed by atoms with Gasteiger partial charge in [0.05, 0.1) is 27.8 Å². The van der Waals surface area contributed by atoms with Crippen molar-refractivity contribution in [2.75, 3.05) is 4.90 Å². The van der Waals surface area contributed by atoms with Crippen LogP contribution in [0.1, 0.15) is 31.0 Å². The van der Waals surface area contributed by atoms with E-state index in [1.807, 2.05) is 13.8 Å². The Morgan fingerprint density at radius 1 is 1.00 bits per heavy atom. The first-order valence-electron chi connectivity index (χ1n) is 10.5. The van der Waals surface area contributed by atoms with E-state index in [1.54, 1.807) is 30.3 Å². The van der Waals surface area contributed by atoms with E-state index in [1.165, 1.54) is 30.3 Å². The highest BCUT2D eigenvalue weighted by molar-refractivity contribution is 6.51. The molecule has 0 aliphatic carbocycles. The molecule has 0 saturated carbocycles. The van der Waals surface area contributed by atoms with Gasteiger partial charge in [0.15, 0.2) is 0 Å². The lowest BCUT2D eigenvalue weighted by atomic mass is 9.95. The van der Waals surface area contributed by atoms with Crippen molar-refractivity contribution in [1.29, 1.82) is 0 Å². The minimum atomic E-state index is -1.05. The van der Waals surface area contributed by atoms with E-state index in [2.05, 4.69) is 0 Å². The number of carbonyl (C=O) groups is 2. The van der Waals surface area contributed by atoms with Crippen LogP contribution in [0.4, 0.5) is 10.1 Å². The van der Waals surface area contributed by atoms with Gasteiger partial charge in [-0.25, -0.2) is 4.39 Å². The van der Waals surface area contributed by atoms with Crippen molar-refractivity contribution in [2.45, 2.75) is 26.0 Å². The van der Waals surface area contributed by atoms with Gasteiger partial charge in [-0.15, -0.1) is 0 Å². The van der Waals surface area contributed by atoms with E-state index in [9.17, 15) is 19.1 Å². The van der Waals surface area contributed by atoms with Crippen molar-refractivity contribution in [3.8, 4) is 5.75 Å². The van der Waals surface area contributed by atoms with Crippen molar-refractivity contribution in [1.82, 2.24) is 0 Å². The molecule has 1 aliphatic rings. The summed E-state index contributed by atoms with van der Waals surface area (Å²) in [7, 11) is 0. The third-order valence-electron chi connectivity index (χ3n) is 5.29. The molecule has 1 amide bonds. The minimum absolute atomic E-state index is 0.0364. The van der Waals surface area contributed by atoms with Gasteiger partial charge in [-0.05, 0) is 74.0 Å². The fraction of sp³-hybridized carbons (Fsp3) is 0.154. The standard InChI is InChI=1S/C26H20Cl2FNO4/c1-14(2)34-19-9-6-15(7-10-19)24(31)22-23(16-8-11-20(27)21(28)12-16)30(26(33)25(22)32)18-5-3-4-17(29)13-18/h3-14,23,31H,1-2H3/b24-22-. The number of halogens is 3. The van der Waals surface area contributed by atoms with Gasteiger partial charge in [-0.2, -0.15) is 0 Å². The monoisotopic (exact) mass is 499 g/mol. The summed E-state index contributed by atoms with van der Waals surface area (Å²) in [4.78, 5) is 27.4. The van der Waals surface area contributed by atoms with Crippen molar-refractivity contribution < 1.29 is 23.8 Å². The normalized spacial score (nSPS) is 17.5. The zero-order valence-electron chi connectivity index (χ0n) is 18.3. The number of benzene rings is 3. The summed E-state index contributed by atoms with van der Waals surface area (Å²) in [6.07, 6.45) is -0.0364. The lowest BCUT2D eigenvalue weighted by Gasteiger charge is -2.25. The Morgan fingerprint density at radius 2 is 1.71 bits per heavy atom. The summed E-state index contributed by atoms with van der Waals surface area (Å²) < 4.78 is 19.6. The number of ketones is 1. The molecule has 1 heterocycles. The van der Waals surface area contributed by atoms with Gasteiger partial charge in [-0.3, -0.25) is 14.5 Å². The molecule has 174 valence electrons. The third-order valence-corrected chi connectivity index (χ3v) is 6.03. The van der Waals surface area contributed by atoms with Gasteiger partial charge in [0.2, 0.25) is 0 Å². The second-order valence-corrected chi connectivity index (χ2v) is 8.83. The Hall–Kier alpha value is -3.35. The van der Waals surface area contributed by atoms with Crippen LogP contribution in [-0.4, -0.2) is 22.9 Å². The molecule has 0 bridgehead atoms. The summed E-state index contributed by atoms with van der Waals surface area (Å²) in [6.45, 7) is 3.78. The van der Waals surface area contributed by atoms with Crippen molar-refractivity contribution in [3.63, 3.8) is 0 Å². The summed E-state index contributed by atoms with van der Waals surface area (Å²) in [5.74, 6) is -2.16. The molecule has 1 N–H and O–H groups in total. The zero-order valence-corrected chi connectivity index (χ0v) is 19.8. The second-order valence-electron chi connectivity index (χ2n) is 8.01. The molecule has 1 atom stereocenters. The number of amides is 1. The lowest BCUT2D eigenvalue weighted by Crippen LogP contribution is -2.29. The van der Waals surface area contributed by atoms with Crippen LogP contribution in [0.15, 0.2) is 72.3 Å². The van der Waals surface area contributed by atoms with E-state index in [0.29, 0.717) is 16.9 Å². The van der Waals surface area contributed by atoms with Crippen LogP contribution in [0.3, 0.4) is 0 Å².